The molecule has 7 heteroatoms. The molecule has 1 aromatic carbocycles. The van der Waals surface area contributed by atoms with Crippen molar-refractivity contribution < 1.29 is 14.5 Å². The lowest BCUT2D eigenvalue weighted by Gasteiger charge is -2.16. The summed E-state index contributed by atoms with van der Waals surface area (Å²) in [5.74, 6) is -0.433. The molecular formula is C12H11N3O4. The van der Waals surface area contributed by atoms with Crippen molar-refractivity contribution in [1.29, 1.82) is 5.26 Å². The van der Waals surface area contributed by atoms with E-state index in [4.69, 9.17) is 10.00 Å². The summed E-state index contributed by atoms with van der Waals surface area (Å²) in [6.45, 7) is 0.263. The van der Waals surface area contributed by atoms with E-state index in [1.165, 1.54) is 24.1 Å². The molecule has 0 radical (unpaired) electrons. The second kappa shape index (κ2) is 4.94. The Balaban J connectivity index is 2.37. The van der Waals surface area contributed by atoms with Crippen LogP contribution in [0.3, 0.4) is 0 Å². The Hall–Kier alpha value is -2.62. The number of nitro groups is 1. The van der Waals surface area contributed by atoms with E-state index >= 15 is 0 Å². The molecule has 1 atom stereocenters. The van der Waals surface area contributed by atoms with Crippen LogP contribution in [0.2, 0.25) is 0 Å². The topological polar surface area (TPSA) is 96.5 Å². The molecule has 7 nitrogen and oxygen atoms in total. The van der Waals surface area contributed by atoms with E-state index in [2.05, 4.69) is 0 Å². The van der Waals surface area contributed by atoms with Gasteiger partial charge in [0.15, 0.2) is 5.75 Å². The van der Waals surface area contributed by atoms with Gasteiger partial charge in [0.25, 0.3) is 0 Å². The SMILES string of the molecule is COc1ccc(N2CC(C#N)CC2=O)cc1[N+](=O)[O-]. The predicted octanol–water partition coefficient (Wildman–Crippen LogP) is 1.48. The molecule has 0 aromatic heterocycles. The number of anilines is 1. The highest BCUT2D eigenvalue weighted by atomic mass is 16.6. The van der Waals surface area contributed by atoms with Crippen LogP contribution in [-0.2, 0) is 4.79 Å². The fraction of sp³-hybridized carbons (Fsp3) is 0.333. The highest BCUT2D eigenvalue weighted by Crippen LogP contribution is 2.33. The molecule has 1 heterocycles. The van der Waals surface area contributed by atoms with Gasteiger partial charge < -0.3 is 9.64 Å². The van der Waals surface area contributed by atoms with Crippen LogP contribution < -0.4 is 9.64 Å². The Morgan fingerprint density at radius 1 is 1.58 bits per heavy atom. The maximum atomic E-state index is 11.8. The number of hydrogen-bond donors (Lipinski definition) is 0. The quantitative estimate of drug-likeness (QED) is 0.606. The van der Waals surface area contributed by atoms with Gasteiger partial charge in [-0.05, 0) is 12.1 Å². The third kappa shape index (κ3) is 2.33. The lowest BCUT2D eigenvalue weighted by atomic mass is 10.1. The van der Waals surface area contributed by atoms with Gasteiger partial charge in [-0.2, -0.15) is 5.26 Å². The van der Waals surface area contributed by atoms with E-state index in [-0.39, 0.29) is 36.2 Å². The van der Waals surface area contributed by atoms with Crippen molar-refractivity contribution in [1.82, 2.24) is 0 Å². The average molecular weight is 261 g/mol. The van der Waals surface area contributed by atoms with Gasteiger partial charge in [0.05, 0.1) is 29.7 Å². The van der Waals surface area contributed by atoms with Crippen LogP contribution in [0.15, 0.2) is 18.2 Å². The third-order valence-corrected chi connectivity index (χ3v) is 2.98. The van der Waals surface area contributed by atoms with Crippen LogP contribution >= 0.6 is 0 Å². The van der Waals surface area contributed by atoms with Crippen molar-refractivity contribution in [3.63, 3.8) is 0 Å². The van der Waals surface area contributed by atoms with Crippen molar-refractivity contribution in [3.8, 4) is 11.8 Å². The normalized spacial score (nSPS) is 18.2. The minimum Gasteiger partial charge on any atom is -0.490 e. The maximum absolute atomic E-state index is 11.8. The van der Waals surface area contributed by atoms with Gasteiger partial charge in [0.1, 0.15) is 0 Å². The first kappa shape index (κ1) is 12.8. The summed E-state index contributed by atoms with van der Waals surface area (Å²) in [6.07, 6.45) is 0.149. The molecule has 98 valence electrons. The van der Waals surface area contributed by atoms with E-state index in [1.54, 1.807) is 6.07 Å². The highest BCUT2D eigenvalue weighted by molar-refractivity contribution is 5.96. The minimum atomic E-state index is -0.565. The molecule has 1 unspecified atom stereocenters. The number of benzene rings is 1. The summed E-state index contributed by atoms with van der Waals surface area (Å²) in [7, 11) is 1.34. The third-order valence-electron chi connectivity index (χ3n) is 2.98. The van der Waals surface area contributed by atoms with Crippen molar-refractivity contribution >= 4 is 17.3 Å². The van der Waals surface area contributed by atoms with Crippen LogP contribution in [0.25, 0.3) is 0 Å². The summed E-state index contributed by atoms with van der Waals surface area (Å²) in [5.41, 5.74) is 0.212. The molecule has 0 bridgehead atoms. The maximum Gasteiger partial charge on any atom is 0.312 e. The molecule has 1 fully saturated rings. The average Bonchev–Trinajstić information content (AvgIpc) is 2.79. The van der Waals surface area contributed by atoms with Crippen molar-refractivity contribution in [3.05, 3.63) is 28.3 Å². The molecule has 1 aliphatic heterocycles. The number of ether oxygens (including phenoxy) is 1. The molecule has 1 aliphatic rings. The van der Waals surface area contributed by atoms with Gasteiger partial charge in [0, 0.05) is 19.0 Å². The first-order chi connectivity index (χ1) is 9.06. The molecule has 1 saturated heterocycles. The van der Waals surface area contributed by atoms with Crippen molar-refractivity contribution in [2.24, 2.45) is 5.92 Å². The Bertz CT molecular complexity index is 579. The number of hydrogen-bond acceptors (Lipinski definition) is 5. The first-order valence-electron chi connectivity index (χ1n) is 5.59. The van der Waals surface area contributed by atoms with Crippen LogP contribution in [0.4, 0.5) is 11.4 Å². The molecule has 2 rings (SSSR count). The molecule has 0 aliphatic carbocycles. The van der Waals surface area contributed by atoms with Gasteiger partial charge in [-0.1, -0.05) is 0 Å². The standard InChI is InChI=1S/C12H11N3O4/c1-19-11-3-2-9(5-10(11)15(17)18)14-7-8(6-13)4-12(14)16/h2-3,5,8H,4,7H2,1H3. The van der Waals surface area contributed by atoms with Crippen LogP contribution in [0.1, 0.15) is 6.42 Å². The van der Waals surface area contributed by atoms with Gasteiger partial charge in [0.2, 0.25) is 5.91 Å². The molecule has 0 spiro atoms. The van der Waals surface area contributed by atoms with E-state index < -0.39 is 4.92 Å². The van der Waals surface area contributed by atoms with Gasteiger partial charge in [-0.15, -0.1) is 0 Å². The summed E-state index contributed by atoms with van der Waals surface area (Å²) in [4.78, 5) is 23.5. The Morgan fingerprint density at radius 3 is 2.84 bits per heavy atom. The largest absolute Gasteiger partial charge is 0.490 e. The number of nitriles is 1. The first-order valence-corrected chi connectivity index (χ1v) is 5.59. The fourth-order valence-corrected chi connectivity index (χ4v) is 2.03. The zero-order valence-electron chi connectivity index (χ0n) is 10.2. The second-order valence-corrected chi connectivity index (χ2v) is 4.15. The van der Waals surface area contributed by atoms with Crippen molar-refractivity contribution in [2.75, 3.05) is 18.6 Å². The zero-order chi connectivity index (χ0) is 14.0. The van der Waals surface area contributed by atoms with E-state index in [1.807, 2.05) is 6.07 Å². The van der Waals surface area contributed by atoms with Gasteiger partial charge in [-0.3, -0.25) is 14.9 Å². The number of amides is 1. The Morgan fingerprint density at radius 2 is 2.32 bits per heavy atom. The summed E-state index contributed by atoms with van der Waals surface area (Å²) < 4.78 is 4.90. The van der Waals surface area contributed by atoms with E-state index in [9.17, 15) is 14.9 Å². The Labute approximate surface area is 109 Å². The predicted molar refractivity (Wildman–Crippen MR) is 65.7 cm³/mol. The molecular weight excluding hydrogens is 250 g/mol. The Kier molecular flexibility index (Phi) is 3.33. The van der Waals surface area contributed by atoms with Crippen LogP contribution in [-0.4, -0.2) is 24.5 Å². The highest BCUT2D eigenvalue weighted by Gasteiger charge is 2.31. The van der Waals surface area contributed by atoms with Crippen molar-refractivity contribution in [2.45, 2.75) is 6.42 Å². The molecule has 0 N–H and O–H groups in total. The number of carbonyl (C=O) groups excluding carboxylic acids is 1. The summed E-state index contributed by atoms with van der Waals surface area (Å²) in [5, 5.41) is 19.7. The smallest absolute Gasteiger partial charge is 0.312 e. The van der Waals surface area contributed by atoms with Gasteiger partial charge >= 0.3 is 5.69 Å². The summed E-state index contributed by atoms with van der Waals surface area (Å²) in [6, 6.07) is 6.34. The second-order valence-electron chi connectivity index (χ2n) is 4.15. The monoisotopic (exact) mass is 261 g/mol. The lowest BCUT2D eigenvalue weighted by Crippen LogP contribution is -2.24. The fourth-order valence-electron chi connectivity index (χ4n) is 2.03. The zero-order valence-corrected chi connectivity index (χ0v) is 10.2. The molecule has 0 saturated carbocycles. The summed E-state index contributed by atoms with van der Waals surface area (Å²) >= 11 is 0. The van der Waals surface area contributed by atoms with Crippen LogP contribution in [0, 0.1) is 27.4 Å². The van der Waals surface area contributed by atoms with E-state index in [0.29, 0.717) is 5.69 Å². The molecule has 1 amide bonds. The number of rotatable bonds is 3. The van der Waals surface area contributed by atoms with Crippen LogP contribution in [0.5, 0.6) is 5.75 Å². The number of carbonyl (C=O) groups is 1. The molecule has 1 aromatic rings. The minimum absolute atomic E-state index is 0.136. The molecule has 19 heavy (non-hydrogen) atoms. The number of nitro benzene ring substituents is 1. The number of nitrogens with zero attached hydrogens (tertiary/aromatic N) is 3. The van der Waals surface area contributed by atoms with Gasteiger partial charge in [-0.25, -0.2) is 0 Å². The lowest BCUT2D eigenvalue weighted by molar-refractivity contribution is -0.385. The van der Waals surface area contributed by atoms with E-state index in [0.717, 1.165) is 0 Å². The number of methoxy groups -OCH3 is 1.